The van der Waals surface area contributed by atoms with Crippen molar-refractivity contribution in [3.05, 3.63) is 46.2 Å². The molecule has 3 heterocycles. The summed E-state index contributed by atoms with van der Waals surface area (Å²) < 4.78 is 0. The molecule has 0 radical (unpaired) electrons. The van der Waals surface area contributed by atoms with Gasteiger partial charge in [0.2, 0.25) is 0 Å². The number of rotatable bonds is 4. The van der Waals surface area contributed by atoms with Crippen LogP contribution >= 0.6 is 11.3 Å². The molecule has 1 atom stereocenters. The quantitative estimate of drug-likeness (QED) is 0.855. The summed E-state index contributed by atoms with van der Waals surface area (Å²) in [5.74, 6) is 0.142. The van der Waals surface area contributed by atoms with Gasteiger partial charge in [0.25, 0.3) is 5.91 Å². The predicted octanol–water partition coefficient (Wildman–Crippen LogP) is 2.97. The van der Waals surface area contributed by atoms with Gasteiger partial charge in [-0.05, 0) is 45.4 Å². The molecule has 1 saturated heterocycles. The zero-order valence-corrected chi connectivity index (χ0v) is 15.1. The van der Waals surface area contributed by atoms with E-state index in [2.05, 4.69) is 28.0 Å². The van der Waals surface area contributed by atoms with Crippen molar-refractivity contribution in [2.75, 3.05) is 20.1 Å². The molecule has 0 bridgehead atoms. The Morgan fingerprint density at radius 2 is 2.21 bits per heavy atom. The van der Waals surface area contributed by atoms with Crippen molar-refractivity contribution in [1.29, 1.82) is 0 Å². The summed E-state index contributed by atoms with van der Waals surface area (Å²) in [5, 5.41) is 0. The summed E-state index contributed by atoms with van der Waals surface area (Å²) in [4.78, 5) is 26.4. The Hall–Kier alpha value is -1.79. The molecule has 0 spiro atoms. The number of pyridine rings is 1. The van der Waals surface area contributed by atoms with E-state index in [1.807, 2.05) is 30.2 Å². The minimum Gasteiger partial charge on any atom is -0.338 e. The van der Waals surface area contributed by atoms with Crippen LogP contribution < -0.4 is 0 Å². The molecule has 0 saturated carbocycles. The molecule has 0 aromatic carbocycles. The Bertz CT molecular complexity index is 673. The summed E-state index contributed by atoms with van der Waals surface area (Å²) in [7, 11) is 2.16. The summed E-state index contributed by atoms with van der Waals surface area (Å²) in [6.07, 6.45) is 5.01. The molecule has 24 heavy (non-hydrogen) atoms. The average Bonchev–Trinajstić information content (AvgIpc) is 2.87. The normalized spacial score (nSPS) is 18.6. The Labute approximate surface area is 147 Å². The molecule has 6 heteroatoms. The fourth-order valence-electron chi connectivity index (χ4n) is 3.25. The van der Waals surface area contributed by atoms with Crippen molar-refractivity contribution in [2.24, 2.45) is 0 Å². The monoisotopic (exact) mass is 344 g/mol. The lowest BCUT2D eigenvalue weighted by Crippen LogP contribution is -2.35. The minimum absolute atomic E-state index is 0.142. The Balaban J connectivity index is 1.58. The van der Waals surface area contributed by atoms with E-state index < -0.39 is 0 Å². The second-order valence-corrected chi connectivity index (χ2v) is 7.23. The molecule has 5 nitrogen and oxygen atoms in total. The highest BCUT2D eigenvalue weighted by atomic mass is 32.1. The zero-order valence-electron chi connectivity index (χ0n) is 14.3. The Morgan fingerprint density at radius 3 is 2.92 bits per heavy atom. The maximum atomic E-state index is 12.7. The van der Waals surface area contributed by atoms with Gasteiger partial charge in [0.15, 0.2) is 0 Å². The third-order valence-corrected chi connectivity index (χ3v) is 5.60. The van der Waals surface area contributed by atoms with Crippen molar-refractivity contribution < 1.29 is 4.79 Å². The Kier molecular flexibility index (Phi) is 5.58. The van der Waals surface area contributed by atoms with Gasteiger partial charge in [-0.15, -0.1) is 11.3 Å². The summed E-state index contributed by atoms with van der Waals surface area (Å²) in [5.41, 5.74) is 3.69. The number of amides is 1. The summed E-state index contributed by atoms with van der Waals surface area (Å²) in [6, 6.07) is 6.53. The largest absolute Gasteiger partial charge is 0.338 e. The SMILES string of the molecule is Cc1ncsc1C(=O)N1CCC[C@H](N(C)Cc2ccccn2)CC1. The molecule has 1 aliphatic rings. The van der Waals surface area contributed by atoms with Crippen molar-refractivity contribution in [1.82, 2.24) is 19.8 Å². The van der Waals surface area contributed by atoms with Gasteiger partial charge in [-0.1, -0.05) is 6.07 Å². The van der Waals surface area contributed by atoms with E-state index >= 15 is 0 Å². The number of thiazole rings is 1. The highest BCUT2D eigenvalue weighted by molar-refractivity contribution is 7.11. The number of carbonyl (C=O) groups excluding carboxylic acids is 1. The summed E-state index contributed by atoms with van der Waals surface area (Å²) in [6.45, 7) is 4.41. The lowest BCUT2D eigenvalue weighted by atomic mass is 10.1. The predicted molar refractivity (Wildman–Crippen MR) is 96.1 cm³/mol. The van der Waals surface area contributed by atoms with Gasteiger partial charge in [0.05, 0.1) is 16.9 Å². The maximum absolute atomic E-state index is 12.7. The van der Waals surface area contributed by atoms with E-state index in [-0.39, 0.29) is 5.91 Å². The first kappa shape index (κ1) is 17.0. The third-order valence-electron chi connectivity index (χ3n) is 4.69. The lowest BCUT2D eigenvalue weighted by molar-refractivity contribution is 0.0761. The second kappa shape index (κ2) is 7.85. The van der Waals surface area contributed by atoms with E-state index in [1.54, 1.807) is 5.51 Å². The highest BCUT2D eigenvalue weighted by Gasteiger charge is 2.25. The molecule has 128 valence electrons. The molecule has 0 unspecified atom stereocenters. The van der Waals surface area contributed by atoms with Crippen molar-refractivity contribution in [3.63, 3.8) is 0 Å². The molecule has 3 rings (SSSR count). The highest BCUT2D eigenvalue weighted by Crippen LogP contribution is 2.21. The molecular weight excluding hydrogens is 320 g/mol. The van der Waals surface area contributed by atoms with Crippen LogP contribution in [0.5, 0.6) is 0 Å². The van der Waals surface area contributed by atoms with Gasteiger partial charge in [0.1, 0.15) is 4.88 Å². The number of likely N-dealkylation sites (tertiary alicyclic amines) is 1. The van der Waals surface area contributed by atoms with Gasteiger partial charge in [-0.25, -0.2) is 4.98 Å². The van der Waals surface area contributed by atoms with Crippen LogP contribution in [0.2, 0.25) is 0 Å². The first-order valence-corrected chi connectivity index (χ1v) is 9.32. The van der Waals surface area contributed by atoms with E-state index in [0.717, 1.165) is 55.2 Å². The molecule has 1 aliphatic heterocycles. The second-order valence-electron chi connectivity index (χ2n) is 6.38. The van der Waals surface area contributed by atoms with Crippen LogP contribution in [0.3, 0.4) is 0 Å². The molecule has 2 aromatic rings. The van der Waals surface area contributed by atoms with E-state index in [1.165, 1.54) is 11.3 Å². The van der Waals surface area contributed by atoms with Gasteiger partial charge in [-0.2, -0.15) is 0 Å². The van der Waals surface area contributed by atoms with Crippen LogP contribution in [-0.2, 0) is 6.54 Å². The van der Waals surface area contributed by atoms with Crippen LogP contribution in [0.1, 0.15) is 40.3 Å². The average molecular weight is 344 g/mol. The summed E-state index contributed by atoms with van der Waals surface area (Å²) >= 11 is 1.45. The molecule has 1 fully saturated rings. The standard InChI is InChI=1S/C18H24N4OS/c1-14-17(24-13-20-14)18(23)22-10-5-7-16(8-11-22)21(2)12-15-6-3-4-9-19-15/h3-4,6,9,13,16H,5,7-8,10-12H2,1-2H3/t16-/m0/s1. The minimum atomic E-state index is 0.142. The van der Waals surface area contributed by atoms with Crippen LogP contribution in [0.25, 0.3) is 0 Å². The number of hydrogen-bond donors (Lipinski definition) is 0. The number of nitrogens with zero attached hydrogens (tertiary/aromatic N) is 4. The smallest absolute Gasteiger partial charge is 0.265 e. The third kappa shape index (κ3) is 3.99. The lowest BCUT2D eigenvalue weighted by Gasteiger charge is -2.27. The molecule has 0 N–H and O–H groups in total. The van der Waals surface area contributed by atoms with Gasteiger partial charge in [-0.3, -0.25) is 14.7 Å². The first-order valence-electron chi connectivity index (χ1n) is 8.44. The van der Waals surface area contributed by atoms with E-state index in [9.17, 15) is 4.79 Å². The number of aromatic nitrogens is 2. The van der Waals surface area contributed by atoms with Crippen LogP contribution in [-0.4, -0.2) is 51.9 Å². The zero-order chi connectivity index (χ0) is 16.9. The maximum Gasteiger partial charge on any atom is 0.265 e. The van der Waals surface area contributed by atoms with E-state index in [4.69, 9.17) is 0 Å². The van der Waals surface area contributed by atoms with Crippen molar-refractivity contribution >= 4 is 17.2 Å². The van der Waals surface area contributed by atoms with Gasteiger partial charge in [0, 0.05) is 31.9 Å². The van der Waals surface area contributed by atoms with E-state index in [0.29, 0.717) is 6.04 Å². The number of aryl methyl sites for hydroxylation is 1. The van der Waals surface area contributed by atoms with Gasteiger partial charge < -0.3 is 4.90 Å². The van der Waals surface area contributed by atoms with Crippen LogP contribution in [0, 0.1) is 6.92 Å². The van der Waals surface area contributed by atoms with Crippen molar-refractivity contribution in [3.8, 4) is 0 Å². The number of carbonyl (C=O) groups is 1. The fraction of sp³-hybridized carbons (Fsp3) is 0.500. The molecular formula is C18H24N4OS. The molecule has 0 aliphatic carbocycles. The van der Waals surface area contributed by atoms with Gasteiger partial charge >= 0.3 is 0 Å². The topological polar surface area (TPSA) is 49.3 Å². The first-order chi connectivity index (χ1) is 11.6. The fourth-order valence-corrected chi connectivity index (χ4v) is 4.02. The number of hydrogen-bond acceptors (Lipinski definition) is 5. The van der Waals surface area contributed by atoms with Crippen molar-refractivity contribution in [2.45, 2.75) is 38.8 Å². The molecule has 1 amide bonds. The Morgan fingerprint density at radius 1 is 1.33 bits per heavy atom. The molecule has 2 aromatic heterocycles. The van der Waals surface area contributed by atoms with Crippen LogP contribution in [0.4, 0.5) is 0 Å². The van der Waals surface area contributed by atoms with Crippen LogP contribution in [0.15, 0.2) is 29.9 Å².